The molecule has 1 atom stereocenters. The van der Waals surface area contributed by atoms with E-state index in [2.05, 4.69) is 69.5 Å². The van der Waals surface area contributed by atoms with Gasteiger partial charge in [0.1, 0.15) is 0 Å². The monoisotopic (exact) mass is 404 g/mol. The molecule has 158 valence electrons. The van der Waals surface area contributed by atoms with Crippen LogP contribution in [0, 0.1) is 0 Å². The minimum atomic E-state index is 0.241. The third-order valence-electron chi connectivity index (χ3n) is 6.67. The van der Waals surface area contributed by atoms with E-state index in [1.54, 1.807) is 0 Å². The lowest BCUT2D eigenvalue weighted by atomic mass is 10.1. The van der Waals surface area contributed by atoms with E-state index in [-0.39, 0.29) is 6.04 Å². The van der Waals surface area contributed by atoms with Gasteiger partial charge in [-0.3, -0.25) is 0 Å². The average molecular weight is 405 g/mol. The van der Waals surface area contributed by atoms with Crippen molar-refractivity contribution < 1.29 is 0 Å². The number of anilines is 3. The Balaban J connectivity index is 1.37. The fourth-order valence-electron chi connectivity index (χ4n) is 5.09. The van der Waals surface area contributed by atoms with Crippen LogP contribution in [0.1, 0.15) is 44.6 Å². The molecule has 0 amide bonds. The molecule has 2 aliphatic rings. The number of hydrogen-bond donors (Lipinski definition) is 2. The lowest BCUT2D eigenvalue weighted by molar-refractivity contribution is 0.594. The van der Waals surface area contributed by atoms with Gasteiger partial charge in [-0.1, -0.05) is 31.0 Å². The maximum atomic E-state index is 5.04. The van der Waals surface area contributed by atoms with E-state index in [0.717, 1.165) is 37.0 Å². The molecule has 3 aromatic rings. The van der Waals surface area contributed by atoms with Crippen LogP contribution in [0.25, 0.3) is 10.9 Å². The minimum Gasteiger partial charge on any atom is -0.370 e. The smallest absolute Gasteiger partial charge is 0.224 e. The van der Waals surface area contributed by atoms with Crippen molar-refractivity contribution in [3.05, 3.63) is 42.2 Å². The zero-order valence-corrected chi connectivity index (χ0v) is 18.1. The summed E-state index contributed by atoms with van der Waals surface area (Å²) in [5.41, 5.74) is 3.68. The van der Waals surface area contributed by atoms with Crippen LogP contribution in [0.5, 0.6) is 0 Å². The first-order chi connectivity index (χ1) is 14.7. The molecule has 1 unspecified atom stereocenters. The minimum absolute atomic E-state index is 0.241. The maximum absolute atomic E-state index is 5.04. The molecule has 1 aliphatic carbocycles. The Morgan fingerprint density at radius 2 is 2.00 bits per heavy atom. The Morgan fingerprint density at radius 3 is 2.87 bits per heavy atom. The molecule has 1 fully saturated rings. The van der Waals surface area contributed by atoms with Crippen molar-refractivity contribution in [1.29, 1.82) is 0 Å². The Hall–Kier alpha value is -2.76. The van der Waals surface area contributed by atoms with Crippen molar-refractivity contribution in [2.75, 3.05) is 35.3 Å². The lowest BCUT2D eigenvalue weighted by Gasteiger charge is -2.30. The molecule has 5 rings (SSSR count). The first-order valence-electron chi connectivity index (χ1n) is 11.4. The fourth-order valence-corrected chi connectivity index (χ4v) is 5.09. The van der Waals surface area contributed by atoms with Crippen molar-refractivity contribution in [1.82, 2.24) is 15.0 Å². The third kappa shape index (κ3) is 3.71. The van der Waals surface area contributed by atoms with Crippen molar-refractivity contribution in [2.45, 2.75) is 57.5 Å². The number of nitrogens with one attached hydrogen (secondary N) is 2. The van der Waals surface area contributed by atoms with Crippen LogP contribution in [-0.2, 0) is 6.42 Å². The summed E-state index contributed by atoms with van der Waals surface area (Å²) in [4.78, 5) is 18.0. The second kappa shape index (κ2) is 8.17. The molecular weight excluding hydrogens is 372 g/mol. The van der Waals surface area contributed by atoms with Crippen LogP contribution in [0.2, 0.25) is 0 Å². The normalized spacial score (nSPS) is 18.5. The second-order valence-corrected chi connectivity index (χ2v) is 8.92. The van der Waals surface area contributed by atoms with E-state index >= 15 is 0 Å². The maximum Gasteiger partial charge on any atom is 0.224 e. The molecule has 3 heterocycles. The van der Waals surface area contributed by atoms with Gasteiger partial charge in [0.25, 0.3) is 0 Å². The number of nitrogens with zero attached hydrogens (tertiary/aromatic N) is 4. The van der Waals surface area contributed by atoms with Gasteiger partial charge < -0.3 is 20.1 Å². The SMILES string of the molecule is CC(Cc1c[nH]c2ccccc12)Nc1ncc2c(n1)N(C1CCCC1)CCCN2C. The molecule has 0 spiro atoms. The van der Waals surface area contributed by atoms with Gasteiger partial charge in [-0.05, 0) is 44.2 Å². The number of aromatic amines is 1. The summed E-state index contributed by atoms with van der Waals surface area (Å²) in [6, 6.07) is 9.35. The van der Waals surface area contributed by atoms with Crippen molar-refractivity contribution in [3.8, 4) is 0 Å². The molecule has 1 aromatic carbocycles. The Kier molecular flexibility index (Phi) is 5.23. The molecule has 0 radical (unpaired) electrons. The summed E-state index contributed by atoms with van der Waals surface area (Å²) in [5.74, 6) is 1.85. The Bertz CT molecular complexity index is 1010. The highest BCUT2D eigenvalue weighted by atomic mass is 15.3. The Morgan fingerprint density at radius 1 is 1.17 bits per heavy atom. The van der Waals surface area contributed by atoms with Gasteiger partial charge in [-0.2, -0.15) is 4.98 Å². The predicted octanol–water partition coefficient (Wildman–Crippen LogP) is 4.59. The highest BCUT2D eigenvalue weighted by Gasteiger charge is 2.29. The van der Waals surface area contributed by atoms with Gasteiger partial charge in [0.2, 0.25) is 5.95 Å². The molecule has 6 nitrogen and oxygen atoms in total. The molecule has 30 heavy (non-hydrogen) atoms. The van der Waals surface area contributed by atoms with Crippen molar-refractivity contribution in [2.24, 2.45) is 0 Å². The van der Waals surface area contributed by atoms with E-state index in [1.807, 2.05) is 6.20 Å². The van der Waals surface area contributed by atoms with Gasteiger partial charge in [0.15, 0.2) is 5.82 Å². The second-order valence-electron chi connectivity index (χ2n) is 8.92. The number of fused-ring (bicyclic) bond motifs is 2. The first-order valence-corrected chi connectivity index (χ1v) is 11.4. The van der Waals surface area contributed by atoms with Gasteiger partial charge >= 0.3 is 0 Å². The molecule has 2 N–H and O–H groups in total. The molecule has 0 bridgehead atoms. The summed E-state index contributed by atoms with van der Waals surface area (Å²) in [6.45, 7) is 4.35. The topological polar surface area (TPSA) is 60.1 Å². The molecule has 0 saturated heterocycles. The summed E-state index contributed by atoms with van der Waals surface area (Å²) in [5, 5.41) is 4.85. The summed E-state index contributed by atoms with van der Waals surface area (Å²) in [7, 11) is 2.16. The molecule has 1 saturated carbocycles. The third-order valence-corrected chi connectivity index (χ3v) is 6.67. The van der Waals surface area contributed by atoms with Crippen LogP contribution < -0.4 is 15.1 Å². The largest absolute Gasteiger partial charge is 0.370 e. The van der Waals surface area contributed by atoms with E-state index in [4.69, 9.17) is 4.98 Å². The van der Waals surface area contributed by atoms with Gasteiger partial charge in [-0.15, -0.1) is 0 Å². The van der Waals surface area contributed by atoms with E-state index in [0.29, 0.717) is 6.04 Å². The standard InChI is InChI=1S/C24H32N6/c1-17(14-18-15-25-21-11-6-5-10-20(18)21)27-24-26-16-22-23(28-24)30(13-7-12-29(22)2)19-8-3-4-9-19/h5-6,10-11,15-17,19,25H,3-4,7-9,12-14H2,1-2H3,(H,26,27,28). The average Bonchev–Trinajstić information content (AvgIpc) is 3.38. The lowest BCUT2D eigenvalue weighted by Crippen LogP contribution is -2.34. The van der Waals surface area contributed by atoms with E-state index < -0.39 is 0 Å². The number of hydrogen-bond acceptors (Lipinski definition) is 5. The number of aromatic nitrogens is 3. The number of benzene rings is 1. The molecular formula is C24H32N6. The number of rotatable bonds is 5. The number of H-pyrrole nitrogens is 1. The van der Waals surface area contributed by atoms with Gasteiger partial charge in [0.05, 0.1) is 11.9 Å². The van der Waals surface area contributed by atoms with Gasteiger partial charge in [0, 0.05) is 49.3 Å². The quantitative estimate of drug-likeness (QED) is 0.651. The van der Waals surface area contributed by atoms with Crippen molar-refractivity contribution in [3.63, 3.8) is 0 Å². The highest BCUT2D eigenvalue weighted by Crippen LogP contribution is 2.35. The van der Waals surface area contributed by atoms with E-state index in [1.165, 1.54) is 48.6 Å². The van der Waals surface area contributed by atoms with E-state index in [9.17, 15) is 0 Å². The predicted molar refractivity (Wildman–Crippen MR) is 125 cm³/mol. The molecule has 2 aromatic heterocycles. The first kappa shape index (κ1) is 19.2. The molecule has 6 heteroatoms. The highest BCUT2D eigenvalue weighted by molar-refractivity contribution is 5.83. The summed E-state index contributed by atoms with van der Waals surface area (Å²) < 4.78 is 0. The zero-order valence-electron chi connectivity index (χ0n) is 18.1. The van der Waals surface area contributed by atoms with Crippen LogP contribution in [0.4, 0.5) is 17.5 Å². The number of para-hydroxylation sites is 1. The Labute approximate surface area is 178 Å². The van der Waals surface area contributed by atoms with Crippen molar-refractivity contribution >= 4 is 28.4 Å². The molecule has 1 aliphatic heterocycles. The fraction of sp³-hybridized carbons (Fsp3) is 0.500. The zero-order chi connectivity index (χ0) is 20.5. The van der Waals surface area contributed by atoms with Crippen LogP contribution in [-0.4, -0.2) is 47.2 Å². The summed E-state index contributed by atoms with van der Waals surface area (Å²) >= 11 is 0. The van der Waals surface area contributed by atoms with Crippen LogP contribution in [0.15, 0.2) is 36.7 Å². The van der Waals surface area contributed by atoms with Crippen LogP contribution in [0.3, 0.4) is 0 Å². The summed E-state index contributed by atoms with van der Waals surface area (Å²) in [6.07, 6.45) is 11.5. The van der Waals surface area contributed by atoms with Gasteiger partial charge in [-0.25, -0.2) is 4.98 Å². The van der Waals surface area contributed by atoms with Crippen LogP contribution >= 0.6 is 0 Å².